The molecule has 0 radical (unpaired) electrons. The van der Waals surface area contributed by atoms with Crippen molar-refractivity contribution in [1.82, 2.24) is 5.32 Å². The zero-order valence-electron chi connectivity index (χ0n) is 10.9. The molecule has 0 spiro atoms. The van der Waals surface area contributed by atoms with Crippen LogP contribution in [-0.2, 0) is 9.53 Å². The molecule has 1 atom stereocenters. The second kappa shape index (κ2) is 6.14. The predicted octanol–water partition coefficient (Wildman–Crippen LogP) is 3.35. The first kappa shape index (κ1) is 15.6. The van der Waals surface area contributed by atoms with Gasteiger partial charge in [-0.25, -0.2) is 9.18 Å². The molecule has 104 valence electrons. The van der Waals surface area contributed by atoms with Gasteiger partial charge in [-0.15, -0.1) is 0 Å². The Kier molecular flexibility index (Phi) is 5.05. The summed E-state index contributed by atoms with van der Waals surface area (Å²) in [7, 11) is 0. The highest BCUT2D eigenvalue weighted by Crippen LogP contribution is 2.20. The first-order chi connectivity index (χ1) is 8.71. The minimum atomic E-state index is -0.957. The lowest BCUT2D eigenvalue weighted by atomic mass is 10.1. The molecular formula is C13H15BrFNO3. The highest BCUT2D eigenvalue weighted by Gasteiger charge is 2.20. The number of amides is 1. The van der Waals surface area contributed by atoms with Gasteiger partial charge in [0.1, 0.15) is 23.7 Å². The van der Waals surface area contributed by atoms with Crippen LogP contribution in [0.4, 0.5) is 9.18 Å². The molecule has 1 unspecified atom stereocenters. The van der Waals surface area contributed by atoms with Crippen molar-refractivity contribution in [1.29, 1.82) is 0 Å². The molecule has 4 nitrogen and oxygen atoms in total. The standard InChI is InChI=1S/C13H15BrFNO3/c1-13(2,3)19-12(18)16-11(7-17)8-4-9(14)6-10(15)5-8/h4-7,11H,1-3H3,(H,16,18). The maximum Gasteiger partial charge on any atom is 0.408 e. The van der Waals surface area contributed by atoms with E-state index < -0.39 is 23.6 Å². The second-order valence-electron chi connectivity index (χ2n) is 4.96. The van der Waals surface area contributed by atoms with Gasteiger partial charge >= 0.3 is 6.09 Å². The summed E-state index contributed by atoms with van der Waals surface area (Å²) in [5.41, 5.74) is -0.326. The van der Waals surface area contributed by atoms with Crippen molar-refractivity contribution in [2.24, 2.45) is 0 Å². The second-order valence-corrected chi connectivity index (χ2v) is 5.88. The number of carbonyl (C=O) groups is 2. The Hall–Kier alpha value is -1.43. The zero-order chi connectivity index (χ0) is 14.6. The smallest absolute Gasteiger partial charge is 0.408 e. The maximum absolute atomic E-state index is 13.2. The first-order valence-electron chi connectivity index (χ1n) is 5.62. The van der Waals surface area contributed by atoms with Crippen LogP contribution in [0.15, 0.2) is 22.7 Å². The number of carbonyl (C=O) groups excluding carboxylic acids is 2. The molecule has 1 amide bonds. The number of aldehydes is 1. The Morgan fingerprint density at radius 3 is 2.53 bits per heavy atom. The van der Waals surface area contributed by atoms with Crippen molar-refractivity contribution in [3.8, 4) is 0 Å². The van der Waals surface area contributed by atoms with Crippen molar-refractivity contribution in [2.45, 2.75) is 32.4 Å². The molecule has 0 bridgehead atoms. The average molecular weight is 332 g/mol. The van der Waals surface area contributed by atoms with E-state index in [9.17, 15) is 14.0 Å². The lowest BCUT2D eigenvalue weighted by Gasteiger charge is -2.21. The third kappa shape index (κ3) is 5.38. The Morgan fingerprint density at radius 2 is 2.05 bits per heavy atom. The van der Waals surface area contributed by atoms with Crippen LogP contribution in [0, 0.1) is 5.82 Å². The van der Waals surface area contributed by atoms with Gasteiger partial charge in [-0.2, -0.15) is 0 Å². The summed E-state index contributed by atoms with van der Waals surface area (Å²) in [6.45, 7) is 5.13. The summed E-state index contributed by atoms with van der Waals surface area (Å²) < 4.78 is 18.8. The van der Waals surface area contributed by atoms with Crippen LogP contribution in [-0.4, -0.2) is 18.0 Å². The Labute approximate surface area is 119 Å². The molecule has 1 N–H and O–H groups in total. The van der Waals surface area contributed by atoms with E-state index >= 15 is 0 Å². The summed E-state index contributed by atoms with van der Waals surface area (Å²) in [5, 5.41) is 2.38. The van der Waals surface area contributed by atoms with Crippen LogP contribution < -0.4 is 5.32 Å². The average Bonchev–Trinajstić information content (AvgIpc) is 2.21. The van der Waals surface area contributed by atoms with Gasteiger partial charge in [-0.1, -0.05) is 15.9 Å². The fourth-order valence-electron chi connectivity index (χ4n) is 1.39. The van der Waals surface area contributed by atoms with Gasteiger partial charge in [0, 0.05) is 4.47 Å². The SMILES string of the molecule is CC(C)(C)OC(=O)NC(C=O)c1cc(F)cc(Br)c1. The molecule has 0 aromatic heterocycles. The summed E-state index contributed by atoms with van der Waals surface area (Å²) in [6, 6.07) is 3.04. The van der Waals surface area contributed by atoms with Gasteiger partial charge in [-0.05, 0) is 44.5 Å². The van der Waals surface area contributed by atoms with Gasteiger partial charge < -0.3 is 14.8 Å². The molecule has 1 aromatic rings. The van der Waals surface area contributed by atoms with Crippen molar-refractivity contribution >= 4 is 28.3 Å². The van der Waals surface area contributed by atoms with Crippen LogP contribution in [0.2, 0.25) is 0 Å². The highest BCUT2D eigenvalue weighted by molar-refractivity contribution is 9.10. The van der Waals surface area contributed by atoms with Crippen molar-refractivity contribution in [3.63, 3.8) is 0 Å². The Morgan fingerprint density at radius 1 is 1.42 bits per heavy atom. The van der Waals surface area contributed by atoms with Gasteiger partial charge in [0.05, 0.1) is 0 Å². The van der Waals surface area contributed by atoms with E-state index in [0.717, 1.165) is 0 Å². The van der Waals surface area contributed by atoms with Crippen molar-refractivity contribution in [2.75, 3.05) is 0 Å². The van der Waals surface area contributed by atoms with Gasteiger partial charge in [0.2, 0.25) is 0 Å². The van der Waals surface area contributed by atoms with Gasteiger partial charge in [0.15, 0.2) is 0 Å². The van der Waals surface area contributed by atoms with Crippen LogP contribution in [0.3, 0.4) is 0 Å². The number of benzene rings is 1. The molecule has 19 heavy (non-hydrogen) atoms. The van der Waals surface area contributed by atoms with Crippen LogP contribution in [0.1, 0.15) is 32.4 Å². The summed E-state index contributed by atoms with van der Waals surface area (Å²) in [6.07, 6.45) is -0.213. The molecule has 0 aliphatic carbocycles. The summed E-state index contributed by atoms with van der Waals surface area (Å²) in [5.74, 6) is -0.498. The topological polar surface area (TPSA) is 55.4 Å². The molecule has 0 saturated carbocycles. The molecule has 1 rings (SSSR count). The molecular weight excluding hydrogens is 317 g/mol. The van der Waals surface area contributed by atoms with Gasteiger partial charge in [-0.3, -0.25) is 0 Å². The minimum absolute atomic E-state index is 0.340. The van der Waals surface area contributed by atoms with Crippen LogP contribution in [0.5, 0.6) is 0 Å². The number of alkyl carbamates (subject to hydrolysis) is 1. The lowest BCUT2D eigenvalue weighted by Crippen LogP contribution is -2.35. The normalized spacial score (nSPS) is 12.7. The molecule has 6 heteroatoms. The number of nitrogens with one attached hydrogen (secondary N) is 1. The number of halogens is 2. The van der Waals surface area contributed by atoms with E-state index in [1.54, 1.807) is 26.8 Å². The molecule has 0 aliphatic heterocycles. The molecule has 1 aromatic carbocycles. The molecule has 0 saturated heterocycles. The Balaban J connectivity index is 2.84. The number of ether oxygens (including phenoxy) is 1. The van der Waals surface area contributed by atoms with Crippen LogP contribution >= 0.6 is 15.9 Å². The van der Waals surface area contributed by atoms with Crippen molar-refractivity contribution in [3.05, 3.63) is 34.1 Å². The predicted molar refractivity (Wildman–Crippen MR) is 72.3 cm³/mol. The fourth-order valence-corrected chi connectivity index (χ4v) is 1.87. The maximum atomic E-state index is 13.2. The largest absolute Gasteiger partial charge is 0.444 e. The monoisotopic (exact) mass is 331 g/mol. The van der Waals surface area contributed by atoms with Gasteiger partial charge in [0.25, 0.3) is 0 Å². The van der Waals surface area contributed by atoms with Crippen molar-refractivity contribution < 1.29 is 18.7 Å². The molecule has 0 heterocycles. The molecule has 0 aliphatic rings. The summed E-state index contributed by atoms with van der Waals surface area (Å²) >= 11 is 3.13. The zero-order valence-corrected chi connectivity index (χ0v) is 12.5. The third-order valence-corrected chi connectivity index (χ3v) is 2.51. The van der Waals surface area contributed by atoms with Crippen LogP contribution in [0.25, 0.3) is 0 Å². The van der Waals surface area contributed by atoms with E-state index in [1.165, 1.54) is 12.1 Å². The first-order valence-corrected chi connectivity index (χ1v) is 6.41. The third-order valence-electron chi connectivity index (χ3n) is 2.05. The number of hydrogen-bond donors (Lipinski definition) is 1. The number of hydrogen-bond acceptors (Lipinski definition) is 3. The quantitative estimate of drug-likeness (QED) is 0.864. The summed E-state index contributed by atoms with van der Waals surface area (Å²) in [4.78, 5) is 22.6. The number of rotatable bonds is 3. The van der Waals surface area contributed by atoms with E-state index in [1.807, 2.05) is 0 Å². The van der Waals surface area contributed by atoms with E-state index in [-0.39, 0.29) is 0 Å². The van der Waals surface area contributed by atoms with E-state index in [2.05, 4.69) is 21.2 Å². The van der Waals surface area contributed by atoms with E-state index in [0.29, 0.717) is 16.3 Å². The van der Waals surface area contributed by atoms with E-state index in [4.69, 9.17) is 4.74 Å². The fraction of sp³-hybridized carbons (Fsp3) is 0.385. The molecule has 0 fully saturated rings. The Bertz CT molecular complexity index is 465. The highest BCUT2D eigenvalue weighted by atomic mass is 79.9. The lowest BCUT2D eigenvalue weighted by molar-refractivity contribution is -0.109. The minimum Gasteiger partial charge on any atom is -0.444 e.